The van der Waals surface area contributed by atoms with Crippen LogP contribution < -0.4 is 14.4 Å². The van der Waals surface area contributed by atoms with E-state index in [1.807, 2.05) is 0 Å². The van der Waals surface area contributed by atoms with E-state index in [-0.39, 0.29) is 28.8 Å². The molecule has 1 N–H and O–H groups in total. The number of sulfonamides is 1. The average molecular weight is 453 g/mol. The van der Waals surface area contributed by atoms with Crippen molar-refractivity contribution in [3.63, 3.8) is 0 Å². The number of fused-ring (bicyclic) bond motifs is 1. The second-order valence-corrected chi connectivity index (χ2v) is 9.08. The fourth-order valence-electron chi connectivity index (χ4n) is 3.35. The number of carbonyl (C=O) groups is 1. The van der Waals surface area contributed by atoms with Gasteiger partial charge in [-0.1, -0.05) is 12.1 Å². The number of benzene rings is 3. The van der Waals surface area contributed by atoms with Crippen LogP contribution in [0.4, 0.5) is 17.1 Å². The maximum absolute atomic E-state index is 13.3. The Morgan fingerprint density at radius 2 is 1.72 bits per heavy atom. The largest absolute Gasteiger partial charge is 0.487 e. The lowest BCUT2D eigenvalue weighted by Gasteiger charge is -2.34. The van der Waals surface area contributed by atoms with Crippen molar-refractivity contribution in [2.24, 2.45) is 0 Å². The van der Waals surface area contributed by atoms with E-state index in [2.05, 4.69) is 5.32 Å². The molecule has 10 heteroatoms. The van der Waals surface area contributed by atoms with Crippen molar-refractivity contribution in [3.8, 4) is 5.75 Å². The predicted octanol–water partition coefficient (Wildman–Crippen LogP) is 3.82. The van der Waals surface area contributed by atoms with Gasteiger partial charge in [0, 0.05) is 23.4 Å². The molecule has 1 aliphatic rings. The minimum absolute atomic E-state index is 0.0785. The van der Waals surface area contributed by atoms with Gasteiger partial charge in [0.15, 0.2) is 0 Å². The van der Waals surface area contributed by atoms with Gasteiger partial charge < -0.3 is 10.1 Å². The number of nitro benzene ring substituents is 1. The second-order valence-electron chi connectivity index (χ2n) is 7.21. The van der Waals surface area contributed by atoms with Crippen LogP contribution in [0.25, 0.3) is 0 Å². The highest BCUT2D eigenvalue weighted by Crippen LogP contribution is 2.36. The van der Waals surface area contributed by atoms with Crippen molar-refractivity contribution in [3.05, 3.63) is 88.5 Å². The normalized spacial score (nSPS) is 15.4. The Kier molecular flexibility index (Phi) is 5.54. The Balaban J connectivity index is 1.53. The van der Waals surface area contributed by atoms with Crippen LogP contribution in [0.2, 0.25) is 0 Å². The van der Waals surface area contributed by atoms with Crippen LogP contribution in [0, 0.1) is 10.1 Å². The van der Waals surface area contributed by atoms with Crippen molar-refractivity contribution < 1.29 is 22.9 Å². The molecule has 9 nitrogen and oxygen atoms in total. The van der Waals surface area contributed by atoms with Crippen molar-refractivity contribution in [2.75, 3.05) is 16.2 Å². The van der Waals surface area contributed by atoms with Gasteiger partial charge in [-0.2, -0.15) is 0 Å². The number of hydrogen-bond acceptors (Lipinski definition) is 6. The zero-order chi connectivity index (χ0) is 22.9. The number of ether oxygens (including phenoxy) is 1. The second kappa shape index (κ2) is 8.31. The average Bonchev–Trinajstić information content (AvgIpc) is 2.79. The molecule has 1 aliphatic heterocycles. The summed E-state index contributed by atoms with van der Waals surface area (Å²) in [7, 11) is -3.84. The van der Waals surface area contributed by atoms with E-state index >= 15 is 0 Å². The van der Waals surface area contributed by atoms with Gasteiger partial charge in [-0.15, -0.1) is 0 Å². The highest BCUT2D eigenvalue weighted by Gasteiger charge is 2.32. The number of rotatable bonds is 5. The summed E-state index contributed by atoms with van der Waals surface area (Å²) < 4.78 is 33.6. The molecule has 0 bridgehead atoms. The van der Waals surface area contributed by atoms with Crippen LogP contribution in [0.5, 0.6) is 5.75 Å². The third kappa shape index (κ3) is 4.12. The lowest BCUT2D eigenvalue weighted by atomic mass is 10.2. The van der Waals surface area contributed by atoms with Crippen molar-refractivity contribution in [2.45, 2.75) is 17.9 Å². The highest BCUT2D eigenvalue weighted by atomic mass is 32.2. The molecule has 0 saturated carbocycles. The molecule has 1 amide bonds. The smallest absolute Gasteiger partial charge is 0.269 e. The first-order valence-electron chi connectivity index (χ1n) is 9.70. The number of nitrogens with zero attached hydrogens (tertiary/aromatic N) is 2. The number of anilines is 2. The fourth-order valence-corrected chi connectivity index (χ4v) is 4.90. The van der Waals surface area contributed by atoms with Crippen LogP contribution in [-0.4, -0.2) is 31.9 Å². The summed E-state index contributed by atoms with van der Waals surface area (Å²) in [6.07, 6.45) is -0.306. The van der Waals surface area contributed by atoms with Crippen molar-refractivity contribution in [1.29, 1.82) is 0 Å². The van der Waals surface area contributed by atoms with Crippen LogP contribution in [-0.2, 0) is 10.0 Å². The summed E-state index contributed by atoms with van der Waals surface area (Å²) >= 11 is 0. The standard InChI is InChI=1S/C22H19N3O6S/c1-15-14-24(20-4-2-3-5-21(20)31-15)32(29,30)19-12-8-17(9-13-19)23-22(26)16-6-10-18(11-7-16)25(27)28/h2-13,15H,14H2,1H3,(H,23,26)/t15-/m0/s1. The van der Waals surface area contributed by atoms with Crippen LogP contribution in [0.15, 0.2) is 77.7 Å². The molecule has 0 fully saturated rings. The number of carbonyl (C=O) groups excluding carboxylic acids is 1. The van der Waals surface area contributed by atoms with Gasteiger partial charge in [0.2, 0.25) is 0 Å². The summed E-state index contributed by atoms with van der Waals surface area (Å²) in [6.45, 7) is 1.98. The lowest BCUT2D eigenvalue weighted by molar-refractivity contribution is -0.384. The Morgan fingerprint density at radius 3 is 2.38 bits per heavy atom. The first-order valence-corrected chi connectivity index (χ1v) is 11.1. The van der Waals surface area contributed by atoms with E-state index < -0.39 is 20.9 Å². The highest BCUT2D eigenvalue weighted by molar-refractivity contribution is 7.92. The van der Waals surface area contributed by atoms with E-state index in [9.17, 15) is 23.3 Å². The molecule has 0 aliphatic carbocycles. The van der Waals surface area contributed by atoms with Crippen LogP contribution in [0.1, 0.15) is 17.3 Å². The number of hydrogen-bond donors (Lipinski definition) is 1. The summed E-state index contributed by atoms with van der Waals surface area (Å²) in [5, 5.41) is 13.4. The predicted molar refractivity (Wildman–Crippen MR) is 119 cm³/mol. The number of non-ortho nitro benzene ring substituents is 1. The molecule has 3 aromatic rings. The van der Waals surface area contributed by atoms with Gasteiger partial charge in [0.1, 0.15) is 11.9 Å². The Labute approximate surface area is 184 Å². The molecule has 0 saturated heterocycles. The van der Waals surface area contributed by atoms with E-state index in [0.717, 1.165) is 0 Å². The minimum atomic E-state index is -3.84. The topological polar surface area (TPSA) is 119 Å². The molecule has 0 aromatic heterocycles. The lowest BCUT2D eigenvalue weighted by Crippen LogP contribution is -2.42. The number of nitrogens with one attached hydrogen (secondary N) is 1. The summed E-state index contributed by atoms with van der Waals surface area (Å²) in [4.78, 5) is 22.6. The van der Waals surface area contributed by atoms with Gasteiger partial charge >= 0.3 is 0 Å². The molecule has 0 unspecified atom stereocenters. The van der Waals surface area contributed by atoms with E-state index in [0.29, 0.717) is 17.1 Å². The molecule has 1 heterocycles. The Hall–Kier alpha value is -3.92. The first kappa shape index (κ1) is 21.3. The number of para-hydroxylation sites is 2. The molecule has 0 radical (unpaired) electrons. The van der Waals surface area contributed by atoms with E-state index in [1.54, 1.807) is 31.2 Å². The monoisotopic (exact) mass is 453 g/mol. The number of amides is 1. The fraction of sp³-hybridized carbons (Fsp3) is 0.136. The molecule has 164 valence electrons. The molecule has 1 atom stereocenters. The molecular formula is C22H19N3O6S. The van der Waals surface area contributed by atoms with Crippen LogP contribution in [0.3, 0.4) is 0 Å². The molecule has 4 rings (SSSR count). The summed E-state index contributed by atoms with van der Waals surface area (Å²) in [5.74, 6) is 0.0354. The summed E-state index contributed by atoms with van der Waals surface area (Å²) in [6, 6.07) is 18.0. The van der Waals surface area contributed by atoms with Gasteiger partial charge in [0.05, 0.1) is 22.1 Å². The van der Waals surface area contributed by atoms with Gasteiger partial charge in [-0.05, 0) is 55.5 Å². The molecule has 3 aromatic carbocycles. The third-order valence-corrected chi connectivity index (χ3v) is 6.72. The van der Waals surface area contributed by atoms with E-state index in [1.165, 1.54) is 52.8 Å². The zero-order valence-corrected chi connectivity index (χ0v) is 17.8. The zero-order valence-electron chi connectivity index (χ0n) is 17.0. The molecule has 0 spiro atoms. The van der Waals surface area contributed by atoms with E-state index in [4.69, 9.17) is 4.74 Å². The van der Waals surface area contributed by atoms with Gasteiger partial charge in [-0.3, -0.25) is 19.2 Å². The summed E-state index contributed by atoms with van der Waals surface area (Å²) in [5.41, 5.74) is 0.991. The number of nitro groups is 1. The first-order chi connectivity index (χ1) is 15.3. The maximum Gasteiger partial charge on any atom is 0.269 e. The third-order valence-electron chi connectivity index (χ3n) is 4.93. The van der Waals surface area contributed by atoms with Crippen molar-refractivity contribution >= 4 is 33.0 Å². The minimum Gasteiger partial charge on any atom is -0.487 e. The molecule has 32 heavy (non-hydrogen) atoms. The maximum atomic E-state index is 13.3. The quantitative estimate of drug-likeness (QED) is 0.463. The van der Waals surface area contributed by atoms with Gasteiger partial charge in [-0.25, -0.2) is 8.42 Å². The van der Waals surface area contributed by atoms with Crippen LogP contribution >= 0.6 is 0 Å². The Bertz CT molecular complexity index is 1270. The van der Waals surface area contributed by atoms with Crippen molar-refractivity contribution in [1.82, 2.24) is 0 Å². The Morgan fingerprint density at radius 1 is 1.06 bits per heavy atom. The van der Waals surface area contributed by atoms with Gasteiger partial charge in [0.25, 0.3) is 21.6 Å². The molecular weight excluding hydrogens is 434 g/mol. The SMILES string of the molecule is C[C@H]1CN(S(=O)(=O)c2ccc(NC(=O)c3ccc([N+](=O)[O-])cc3)cc2)c2ccccc2O1.